The smallest absolute Gasteiger partial charge is 0.308 e. The summed E-state index contributed by atoms with van der Waals surface area (Å²) in [6.45, 7) is 6.17. The second-order valence-electron chi connectivity index (χ2n) is 9.57. The summed E-state index contributed by atoms with van der Waals surface area (Å²) in [6, 6.07) is 6.04. The largest absolute Gasteiger partial charge is 0.469 e. The van der Waals surface area contributed by atoms with Crippen molar-refractivity contribution in [1.82, 2.24) is 9.21 Å². The van der Waals surface area contributed by atoms with Crippen molar-refractivity contribution in [3.8, 4) is 0 Å². The standard InChI is InChI=1S/C25H32N4O6S2/c1-15(2)28-11-10-19-20(14-28)36-24(21(19)22(26)30)27-23(31)16-4-6-18(7-5-16)37(33,34)29-12-8-17(9-13-29)25(32)35-3/h4-7,15,17H,8-14H2,1-3H3,(H2,26,30)(H,27,31). The molecule has 37 heavy (non-hydrogen) atoms. The molecule has 2 amide bonds. The van der Waals surface area contributed by atoms with Gasteiger partial charge in [0.05, 0.1) is 23.5 Å². The lowest BCUT2D eigenvalue weighted by Gasteiger charge is -2.30. The van der Waals surface area contributed by atoms with E-state index < -0.39 is 21.8 Å². The van der Waals surface area contributed by atoms with Gasteiger partial charge >= 0.3 is 5.97 Å². The number of fused-ring (bicyclic) bond motifs is 1. The molecule has 0 radical (unpaired) electrons. The topological polar surface area (TPSA) is 139 Å². The van der Waals surface area contributed by atoms with E-state index in [1.807, 2.05) is 0 Å². The molecule has 1 fully saturated rings. The number of piperidine rings is 1. The molecule has 0 saturated carbocycles. The van der Waals surface area contributed by atoms with Crippen molar-refractivity contribution in [2.24, 2.45) is 11.7 Å². The molecule has 0 spiro atoms. The minimum atomic E-state index is -3.77. The van der Waals surface area contributed by atoms with E-state index >= 15 is 0 Å². The molecule has 2 aliphatic heterocycles. The van der Waals surface area contributed by atoms with Gasteiger partial charge < -0.3 is 15.8 Å². The molecule has 0 aliphatic carbocycles. The third-order valence-corrected chi connectivity index (χ3v) is 10.1. The Morgan fingerprint density at radius 2 is 1.76 bits per heavy atom. The number of rotatable bonds is 7. The minimum Gasteiger partial charge on any atom is -0.469 e. The lowest BCUT2D eigenvalue weighted by atomic mass is 9.99. The molecule has 1 aromatic heterocycles. The van der Waals surface area contributed by atoms with Gasteiger partial charge in [0.2, 0.25) is 10.0 Å². The maximum atomic E-state index is 13.1. The van der Waals surface area contributed by atoms with Crippen LogP contribution in [0.3, 0.4) is 0 Å². The molecule has 12 heteroatoms. The van der Waals surface area contributed by atoms with Gasteiger partial charge in [-0.15, -0.1) is 11.3 Å². The van der Waals surface area contributed by atoms with Crippen molar-refractivity contribution in [2.45, 2.75) is 50.6 Å². The number of benzene rings is 1. The SMILES string of the molecule is COC(=O)C1CCN(S(=O)(=O)c2ccc(C(=O)Nc3sc4c(c3C(N)=O)CCN(C(C)C)C4)cc2)CC1. The van der Waals surface area contributed by atoms with Crippen LogP contribution in [-0.2, 0) is 32.5 Å². The molecule has 10 nitrogen and oxygen atoms in total. The van der Waals surface area contributed by atoms with E-state index in [1.165, 1.54) is 47.0 Å². The predicted octanol–water partition coefficient (Wildman–Crippen LogP) is 2.44. The minimum absolute atomic E-state index is 0.0683. The summed E-state index contributed by atoms with van der Waals surface area (Å²) in [6.07, 6.45) is 1.48. The molecule has 0 atom stereocenters. The predicted molar refractivity (Wildman–Crippen MR) is 140 cm³/mol. The first-order valence-corrected chi connectivity index (χ1v) is 14.5. The summed E-state index contributed by atoms with van der Waals surface area (Å²) in [5, 5.41) is 3.22. The number of nitrogens with two attached hydrogens (primary N) is 1. The van der Waals surface area contributed by atoms with Crippen LogP contribution in [0.1, 0.15) is 57.8 Å². The second kappa shape index (κ2) is 10.9. The van der Waals surface area contributed by atoms with Crippen LogP contribution in [0.4, 0.5) is 5.00 Å². The first-order valence-electron chi connectivity index (χ1n) is 12.2. The summed E-state index contributed by atoms with van der Waals surface area (Å²) < 4.78 is 32.2. The van der Waals surface area contributed by atoms with Crippen LogP contribution in [0.15, 0.2) is 29.2 Å². The molecule has 0 unspecified atom stereocenters. The Balaban J connectivity index is 1.47. The number of anilines is 1. The maximum absolute atomic E-state index is 13.1. The van der Waals surface area contributed by atoms with Crippen LogP contribution in [0.25, 0.3) is 0 Å². The van der Waals surface area contributed by atoms with Gasteiger partial charge in [0.15, 0.2) is 0 Å². The zero-order chi connectivity index (χ0) is 26.9. The number of primary amides is 1. The number of hydrogen-bond acceptors (Lipinski definition) is 8. The number of hydrogen-bond donors (Lipinski definition) is 2. The van der Waals surface area contributed by atoms with E-state index in [2.05, 4.69) is 24.1 Å². The highest BCUT2D eigenvalue weighted by molar-refractivity contribution is 7.89. The first-order chi connectivity index (χ1) is 17.5. The van der Waals surface area contributed by atoms with E-state index in [1.54, 1.807) is 0 Å². The van der Waals surface area contributed by atoms with Crippen molar-refractivity contribution >= 4 is 44.1 Å². The molecule has 2 aromatic rings. The lowest BCUT2D eigenvalue weighted by molar-refractivity contribution is -0.146. The van der Waals surface area contributed by atoms with Crippen LogP contribution in [0.5, 0.6) is 0 Å². The molecule has 0 bridgehead atoms. The van der Waals surface area contributed by atoms with Gasteiger partial charge in [-0.05, 0) is 62.9 Å². The van der Waals surface area contributed by atoms with Gasteiger partial charge in [-0.3, -0.25) is 19.3 Å². The van der Waals surface area contributed by atoms with Crippen molar-refractivity contribution in [3.63, 3.8) is 0 Å². The molecular formula is C25H32N4O6S2. The van der Waals surface area contributed by atoms with Crippen LogP contribution in [0.2, 0.25) is 0 Å². The van der Waals surface area contributed by atoms with Gasteiger partial charge in [0.25, 0.3) is 11.8 Å². The first kappa shape index (κ1) is 27.2. The molecule has 1 saturated heterocycles. The summed E-state index contributed by atoms with van der Waals surface area (Å²) in [4.78, 5) is 40.3. The Bertz CT molecular complexity index is 1300. The fraction of sp³-hybridized carbons (Fsp3) is 0.480. The third kappa shape index (κ3) is 5.57. The summed E-state index contributed by atoms with van der Waals surface area (Å²) in [5.41, 5.74) is 7.17. The van der Waals surface area contributed by atoms with E-state index in [0.717, 1.165) is 17.0 Å². The van der Waals surface area contributed by atoms with Crippen LogP contribution in [0, 0.1) is 5.92 Å². The van der Waals surface area contributed by atoms with E-state index in [4.69, 9.17) is 10.5 Å². The number of sulfonamides is 1. The summed E-state index contributed by atoms with van der Waals surface area (Å²) in [7, 11) is -2.44. The second-order valence-corrected chi connectivity index (χ2v) is 12.6. The molecule has 200 valence electrons. The highest BCUT2D eigenvalue weighted by atomic mass is 32.2. The summed E-state index contributed by atoms with van der Waals surface area (Å²) in [5.74, 6) is -1.66. The van der Waals surface area contributed by atoms with Gasteiger partial charge in [-0.1, -0.05) is 0 Å². The maximum Gasteiger partial charge on any atom is 0.308 e. The normalized spacial score (nSPS) is 17.4. The van der Waals surface area contributed by atoms with Gasteiger partial charge in [-0.25, -0.2) is 8.42 Å². The fourth-order valence-electron chi connectivity index (χ4n) is 4.81. The van der Waals surface area contributed by atoms with Crippen LogP contribution < -0.4 is 11.1 Å². The zero-order valence-electron chi connectivity index (χ0n) is 21.2. The Morgan fingerprint density at radius 3 is 2.32 bits per heavy atom. The molecular weight excluding hydrogens is 516 g/mol. The fourth-order valence-corrected chi connectivity index (χ4v) is 7.56. The average Bonchev–Trinajstić information content (AvgIpc) is 3.25. The Hall–Kier alpha value is -2.80. The molecule has 4 rings (SSSR count). The number of nitrogens with zero attached hydrogens (tertiary/aromatic N) is 2. The van der Waals surface area contributed by atoms with Crippen LogP contribution >= 0.6 is 11.3 Å². The average molecular weight is 549 g/mol. The number of methoxy groups -OCH3 is 1. The van der Waals surface area contributed by atoms with Gasteiger partial charge in [-0.2, -0.15) is 4.31 Å². The van der Waals surface area contributed by atoms with E-state index in [-0.39, 0.29) is 35.4 Å². The number of carbonyl (C=O) groups excluding carboxylic acids is 3. The highest BCUT2D eigenvalue weighted by Gasteiger charge is 2.33. The number of carbonyl (C=O) groups is 3. The number of amides is 2. The molecule has 2 aliphatic rings. The van der Waals surface area contributed by atoms with Crippen LogP contribution in [-0.4, -0.2) is 68.2 Å². The zero-order valence-corrected chi connectivity index (χ0v) is 22.8. The Morgan fingerprint density at radius 1 is 1.11 bits per heavy atom. The number of esters is 1. The monoisotopic (exact) mass is 548 g/mol. The lowest BCUT2D eigenvalue weighted by Crippen LogP contribution is -2.40. The van der Waals surface area contributed by atoms with Gasteiger partial charge in [0.1, 0.15) is 5.00 Å². The quantitative estimate of drug-likeness (QED) is 0.507. The molecule has 1 aromatic carbocycles. The third-order valence-electron chi connectivity index (χ3n) is 7.03. The number of ether oxygens (including phenoxy) is 1. The Labute approximate surface area is 220 Å². The van der Waals surface area contributed by atoms with Crippen molar-refractivity contribution in [1.29, 1.82) is 0 Å². The summed E-state index contributed by atoms with van der Waals surface area (Å²) >= 11 is 1.35. The molecule has 3 N–H and O–H groups in total. The van der Waals surface area contributed by atoms with E-state index in [9.17, 15) is 22.8 Å². The highest BCUT2D eigenvalue weighted by Crippen LogP contribution is 2.37. The number of nitrogens with one attached hydrogen (secondary N) is 1. The van der Waals surface area contributed by atoms with Gasteiger partial charge in [0, 0.05) is 42.7 Å². The van der Waals surface area contributed by atoms with E-state index in [0.29, 0.717) is 42.4 Å². The van der Waals surface area contributed by atoms with Crippen molar-refractivity contribution in [3.05, 3.63) is 45.8 Å². The Kier molecular flexibility index (Phi) is 8.02. The van der Waals surface area contributed by atoms with Crippen molar-refractivity contribution < 1.29 is 27.5 Å². The van der Waals surface area contributed by atoms with Crippen molar-refractivity contribution in [2.75, 3.05) is 32.1 Å². The number of thiophene rings is 1. The molecule has 3 heterocycles.